The molecule has 0 saturated carbocycles. The van der Waals surface area contributed by atoms with Crippen molar-refractivity contribution in [3.63, 3.8) is 0 Å². The maximum absolute atomic E-state index is 10.3. The van der Waals surface area contributed by atoms with E-state index < -0.39 is 24.0 Å². The molecule has 7 nitrogen and oxygen atoms in total. The Hall–Kier alpha value is -0.950. The second-order valence-electron chi connectivity index (χ2n) is 2.46. The van der Waals surface area contributed by atoms with Crippen LogP contribution < -0.4 is 11.5 Å². The van der Waals surface area contributed by atoms with Gasteiger partial charge in [-0.15, -0.1) is 0 Å². The van der Waals surface area contributed by atoms with E-state index in [4.69, 9.17) is 26.9 Å². The summed E-state index contributed by atoms with van der Waals surface area (Å²) >= 11 is 0. The number of hydrogen-bond acceptors (Lipinski definition) is 7. The van der Waals surface area contributed by atoms with E-state index in [9.17, 15) is 9.59 Å². The van der Waals surface area contributed by atoms with Crippen LogP contribution >= 0.6 is 21.6 Å². The Balaban J connectivity index is 0. The van der Waals surface area contributed by atoms with Crippen molar-refractivity contribution in [2.24, 2.45) is 11.5 Å². The molecule has 6 N–H and O–H groups in total. The number of carboxylic acid groups (broad SMARTS) is 2. The number of hydrogen-bond donors (Lipinski definition) is 4. The van der Waals surface area contributed by atoms with Crippen LogP contribution in [0.1, 0.15) is 0 Å². The fourth-order valence-corrected chi connectivity index (χ4v) is 2.61. The molecule has 0 aromatic heterocycles. The van der Waals surface area contributed by atoms with Crippen LogP contribution in [0.25, 0.3) is 0 Å². The van der Waals surface area contributed by atoms with Crippen molar-refractivity contribution in [3.05, 3.63) is 0 Å². The van der Waals surface area contributed by atoms with Crippen LogP contribution in [0.2, 0.25) is 0 Å². The Morgan fingerprint density at radius 2 is 1.31 bits per heavy atom. The molecule has 0 bridgehead atoms. The van der Waals surface area contributed by atoms with Gasteiger partial charge in [0.2, 0.25) is 0 Å². The van der Waals surface area contributed by atoms with Gasteiger partial charge in [-0.05, 0) is 0 Å². The summed E-state index contributed by atoms with van der Waals surface area (Å²) in [7, 11) is 2.41. The molecule has 0 aromatic carbocycles. The highest BCUT2D eigenvalue weighted by atomic mass is 33.1. The number of nitriles is 1. The molecular weight excluding hydrogens is 254 g/mol. The van der Waals surface area contributed by atoms with Crippen molar-refractivity contribution in [1.29, 1.82) is 5.26 Å². The van der Waals surface area contributed by atoms with Crippen LogP contribution in [0.5, 0.6) is 0 Å². The molecule has 0 aromatic rings. The first-order chi connectivity index (χ1) is 7.45. The van der Waals surface area contributed by atoms with Gasteiger partial charge in [0.05, 0.1) is 0 Å². The summed E-state index contributed by atoms with van der Waals surface area (Å²) in [5.41, 5.74) is 10.4. The number of aliphatic carboxylic acids is 2. The van der Waals surface area contributed by atoms with Crippen molar-refractivity contribution >= 4 is 33.5 Å². The first-order valence-corrected chi connectivity index (χ1v) is 6.41. The van der Waals surface area contributed by atoms with Gasteiger partial charge in [0.25, 0.3) is 0 Å². The van der Waals surface area contributed by atoms with Crippen LogP contribution in [-0.4, -0.2) is 45.7 Å². The molecule has 2 atom stereocenters. The molecule has 0 saturated heterocycles. The summed E-state index contributed by atoms with van der Waals surface area (Å²) in [6.45, 7) is 3.50. The monoisotopic (exact) mass is 267 g/mol. The third kappa shape index (κ3) is 9.60. The quantitative estimate of drug-likeness (QED) is 0.347. The number of rotatable bonds is 7. The molecule has 0 aliphatic heterocycles. The molecule has 0 amide bonds. The van der Waals surface area contributed by atoms with Gasteiger partial charge in [-0.3, -0.25) is 9.59 Å². The average Bonchev–Trinajstić information content (AvgIpc) is 2.26. The molecule has 0 aliphatic rings. The van der Waals surface area contributed by atoms with Gasteiger partial charge in [0.15, 0.2) is 0 Å². The normalized spacial score (nSPS) is 13.0. The highest BCUT2D eigenvalue weighted by molar-refractivity contribution is 8.76. The van der Waals surface area contributed by atoms with E-state index in [0.717, 1.165) is 0 Å². The number of carbonyl (C=O) groups is 2. The topological polar surface area (TPSA) is 150 Å². The smallest absolute Gasteiger partial charge is 0.321 e. The molecule has 0 fully saturated rings. The van der Waals surface area contributed by atoms with Crippen LogP contribution in [0.15, 0.2) is 0 Å². The molecule has 9 heteroatoms. The highest BCUT2D eigenvalue weighted by Crippen LogP contribution is 2.22. The molecular formula is C7H13N3O4S2. The van der Waals surface area contributed by atoms with Gasteiger partial charge in [-0.1, -0.05) is 21.6 Å². The number of nitrogens with two attached hydrogens (primary N) is 2. The largest absolute Gasteiger partial charge is 0.480 e. The van der Waals surface area contributed by atoms with Crippen molar-refractivity contribution in [2.45, 2.75) is 12.1 Å². The lowest BCUT2D eigenvalue weighted by molar-refractivity contribution is -0.138. The third-order valence-electron chi connectivity index (χ3n) is 1.21. The highest BCUT2D eigenvalue weighted by Gasteiger charge is 2.14. The first kappa shape index (κ1) is 17.4. The van der Waals surface area contributed by atoms with Gasteiger partial charge in [0, 0.05) is 18.1 Å². The number of carboxylic acids is 2. The van der Waals surface area contributed by atoms with E-state index in [0.29, 0.717) is 0 Å². The summed E-state index contributed by atoms with van der Waals surface area (Å²) < 4.78 is 0. The zero-order valence-corrected chi connectivity index (χ0v) is 9.91. The fourth-order valence-electron chi connectivity index (χ4n) is 0.385. The van der Waals surface area contributed by atoms with E-state index in [1.54, 1.807) is 0 Å². The summed E-state index contributed by atoms with van der Waals surface area (Å²) in [6, 6.07) is -1.85. The van der Waals surface area contributed by atoms with E-state index in [-0.39, 0.29) is 11.5 Å². The van der Waals surface area contributed by atoms with Crippen LogP contribution in [0.4, 0.5) is 0 Å². The molecule has 16 heavy (non-hydrogen) atoms. The SMILES string of the molecule is C#N.NC(CSSCC(N)C(=O)O)C(=O)O. The Morgan fingerprint density at radius 3 is 1.50 bits per heavy atom. The molecule has 0 rings (SSSR count). The first-order valence-electron chi connectivity index (χ1n) is 3.92. The van der Waals surface area contributed by atoms with E-state index in [1.165, 1.54) is 21.6 Å². The van der Waals surface area contributed by atoms with Crippen LogP contribution in [-0.2, 0) is 9.59 Å². The van der Waals surface area contributed by atoms with E-state index in [2.05, 4.69) is 6.57 Å². The van der Waals surface area contributed by atoms with Gasteiger partial charge < -0.3 is 21.7 Å². The van der Waals surface area contributed by atoms with Crippen molar-refractivity contribution in [2.75, 3.05) is 11.5 Å². The Labute approximate surface area is 101 Å². The van der Waals surface area contributed by atoms with Crippen molar-refractivity contribution < 1.29 is 19.8 Å². The summed E-state index contributed by atoms with van der Waals surface area (Å²) in [5.74, 6) is -1.68. The second-order valence-corrected chi connectivity index (χ2v) is 5.01. The summed E-state index contributed by atoms with van der Waals surface area (Å²) in [6.07, 6.45) is 0. The zero-order valence-electron chi connectivity index (χ0n) is 8.28. The second kappa shape index (κ2) is 10.6. The lowest BCUT2D eigenvalue weighted by atomic mass is 10.4. The van der Waals surface area contributed by atoms with Gasteiger partial charge in [0.1, 0.15) is 12.1 Å². The molecule has 0 aliphatic carbocycles. The van der Waals surface area contributed by atoms with Gasteiger partial charge in [-0.25, -0.2) is 5.26 Å². The van der Waals surface area contributed by atoms with Gasteiger partial charge >= 0.3 is 11.9 Å². The van der Waals surface area contributed by atoms with Crippen LogP contribution in [0, 0.1) is 11.8 Å². The Morgan fingerprint density at radius 1 is 1.06 bits per heavy atom. The maximum atomic E-state index is 10.3. The molecule has 0 spiro atoms. The lowest BCUT2D eigenvalue weighted by Crippen LogP contribution is -2.33. The molecule has 2 unspecified atom stereocenters. The minimum Gasteiger partial charge on any atom is -0.480 e. The summed E-state index contributed by atoms with van der Waals surface area (Å²) in [4.78, 5) is 20.5. The zero-order chi connectivity index (χ0) is 13.1. The minimum absolute atomic E-state index is 0.229. The maximum Gasteiger partial charge on any atom is 0.321 e. The fraction of sp³-hybridized carbons (Fsp3) is 0.571. The van der Waals surface area contributed by atoms with Crippen molar-refractivity contribution in [1.82, 2.24) is 0 Å². The standard InChI is InChI=1S/C6H12N2O4S2.CHN/c7-3(5(9)10)1-13-14-2-4(8)6(11)12;1-2/h3-4H,1-2,7-8H2,(H,9,10)(H,11,12);1H. The predicted molar refractivity (Wildman–Crippen MR) is 62.8 cm³/mol. The molecule has 0 radical (unpaired) electrons. The Kier molecular flexibility index (Phi) is 11.5. The Bertz CT molecular complexity index is 227. The lowest BCUT2D eigenvalue weighted by Gasteiger charge is -2.07. The minimum atomic E-state index is -1.07. The summed E-state index contributed by atoms with van der Waals surface area (Å²) in [5, 5.41) is 23.3. The third-order valence-corrected chi connectivity index (χ3v) is 3.69. The van der Waals surface area contributed by atoms with Crippen LogP contribution in [0.3, 0.4) is 0 Å². The predicted octanol–water partition coefficient (Wildman–Crippen LogP) is -0.669. The number of nitrogens with zero attached hydrogens (tertiary/aromatic N) is 1. The molecule has 92 valence electrons. The van der Waals surface area contributed by atoms with Gasteiger partial charge in [-0.2, -0.15) is 0 Å². The molecule has 0 heterocycles. The van der Waals surface area contributed by atoms with E-state index >= 15 is 0 Å². The van der Waals surface area contributed by atoms with Crippen molar-refractivity contribution in [3.8, 4) is 6.57 Å². The average molecular weight is 267 g/mol. The van der Waals surface area contributed by atoms with E-state index in [1.807, 2.05) is 0 Å².